The second-order valence-corrected chi connectivity index (χ2v) is 6.76. The maximum Gasteiger partial charge on any atom is 0.161 e. The molecule has 0 saturated carbocycles. The van der Waals surface area contributed by atoms with E-state index in [0.29, 0.717) is 5.75 Å². The Balaban J connectivity index is 2.20. The maximum atomic E-state index is 6.02. The molecular formula is C19H20ClNO2. The Bertz CT molecular complexity index is 764. The molecule has 2 aromatic rings. The van der Waals surface area contributed by atoms with Crippen LogP contribution in [-0.4, -0.2) is 25.5 Å². The van der Waals surface area contributed by atoms with Crippen molar-refractivity contribution >= 4 is 17.3 Å². The molecule has 0 saturated heterocycles. The summed E-state index contributed by atoms with van der Waals surface area (Å²) in [6.45, 7) is 4.28. The van der Waals surface area contributed by atoms with Crippen LogP contribution in [0.4, 0.5) is 0 Å². The molecule has 0 aromatic heterocycles. The van der Waals surface area contributed by atoms with Crippen molar-refractivity contribution in [1.82, 2.24) is 0 Å². The van der Waals surface area contributed by atoms with Crippen molar-refractivity contribution in [3.63, 3.8) is 0 Å². The average molecular weight is 330 g/mol. The summed E-state index contributed by atoms with van der Waals surface area (Å²) in [6, 6.07) is 11.9. The van der Waals surface area contributed by atoms with E-state index in [2.05, 4.69) is 19.9 Å². The zero-order chi connectivity index (χ0) is 16.6. The Hall–Kier alpha value is -2.00. The minimum atomic E-state index is -0.165. The van der Waals surface area contributed by atoms with Gasteiger partial charge >= 0.3 is 0 Å². The predicted molar refractivity (Wildman–Crippen MR) is 94.4 cm³/mol. The molecule has 0 bridgehead atoms. The van der Waals surface area contributed by atoms with Gasteiger partial charge in [0.15, 0.2) is 11.5 Å². The zero-order valence-electron chi connectivity index (χ0n) is 13.8. The largest absolute Gasteiger partial charge is 0.493 e. The first kappa shape index (κ1) is 15.9. The van der Waals surface area contributed by atoms with E-state index < -0.39 is 0 Å². The second kappa shape index (κ2) is 5.89. The third-order valence-corrected chi connectivity index (χ3v) is 4.27. The van der Waals surface area contributed by atoms with Gasteiger partial charge in [-0.1, -0.05) is 23.7 Å². The lowest BCUT2D eigenvalue weighted by Gasteiger charge is -2.30. The Labute approximate surface area is 141 Å². The number of benzene rings is 2. The molecule has 1 heterocycles. The summed E-state index contributed by atoms with van der Waals surface area (Å²) in [6.07, 6.45) is 0.861. The third-order valence-electron chi connectivity index (χ3n) is 4.02. The molecule has 23 heavy (non-hydrogen) atoms. The number of fused-ring (bicyclic) bond motifs is 1. The lowest BCUT2D eigenvalue weighted by molar-refractivity contribution is 0.353. The Morgan fingerprint density at radius 3 is 2.22 bits per heavy atom. The van der Waals surface area contributed by atoms with E-state index in [1.807, 2.05) is 30.3 Å². The fraction of sp³-hybridized carbons (Fsp3) is 0.316. The van der Waals surface area contributed by atoms with Gasteiger partial charge in [-0.05, 0) is 50.1 Å². The van der Waals surface area contributed by atoms with Gasteiger partial charge in [-0.3, -0.25) is 4.99 Å². The molecule has 0 unspecified atom stereocenters. The summed E-state index contributed by atoms with van der Waals surface area (Å²) in [5.74, 6) is 1.46. The smallest absolute Gasteiger partial charge is 0.161 e. The van der Waals surface area contributed by atoms with Crippen molar-refractivity contribution in [2.75, 3.05) is 14.2 Å². The van der Waals surface area contributed by atoms with Gasteiger partial charge in [0.25, 0.3) is 0 Å². The van der Waals surface area contributed by atoms with E-state index in [-0.39, 0.29) is 5.54 Å². The van der Waals surface area contributed by atoms with Crippen LogP contribution in [0.1, 0.15) is 30.5 Å². The number of rotatable bonds is 3. The SMILES string of the molecule is COc1cc2c(cc1OC)C(c1ccc(Cl)cc1)=NC(C)(C)C2. The van der Waals surface area contributed by atoms with Gasteiger partial charge < -0.3 is 9.47 Å². The van der Waals surface area contributed by atoms with Crippen LogP contribution >= 0.6 is 11.6 Å². The molecular weight excluding hydrogens is 310 g/mol. The molecule has 3 rings (SSSR count). The summed E-state index contributed by atoms with van der Waals surface area (Å²) in [5, 5.41) is 0.719. The maximum absolute atomic E-state index is 6.02. The lowest BCUT2D eigenvalue weighted by Crippen LogP contribution is -2.29. The second-order valence-electron chi connectivity index (χ2n) is 6.32. The van der Waals surface area contributed by atoms with Crippen LogP contribution in [0.15, 0.2) is 41.4 Å². The minimum Gasteiger partial charge on any atom is -0.493 e. The Morgan fingerprint density at radius 1 is 1.00 bits per heavy atom. The van der Waals surface area contributed by atoms with E-state index >= 15 is 0 Å². The van der Waals surface area contributed by atoms with E-state index in [9.17, 15) is 0 Å². The molecule has 0 spiro atoms. The van der Waals surface area contributed by atoms with Crippen LogP contribution in [0.25, 0.3) is 0 Å². The average Bonchev–Trinajstić information content (AvgIpc) is 2.52. The number of nitrogens with zero attached hydrogens (tertiary/aromatic N) is 1. The number of halogens is 1. The van der Waals surface area contributed by atoms with Gasteiger partial charge in [-0.15, -0.1) is 0 Å². The van der Waals surface area contributed by atoms with Crippen molar-refractivity contribution in [1.29, 1.82) is 0 Å². The van der Waals surface area contributed by atoms with Crippen molar-refractivity contribution in [2.24, 2.45) is 4.99 Å². The molecule has 4 heteroatoms. The lowest BCUT2D eigenvalue weighted by atomic mass is 9.84. The first-order valence-corrected chi connectivity index (χ1v) is 7.92. The monoisotopic (exact) mass is 329 g/mol. The highest BCUT2D eigenvalue weighted by molar-refractivity contribution is 6.30. The first-order valence-electron chi connectivity index (χ1n) is 7.54. The molecule has 0 radical (unpaired) electrons. The third kappa shape index (κ3) is 3.06. The molecule has 2 aromatic carbocycles. The van der Waals surface area contributed by atoms with Crippen LogP contribution in [0, 0.1) is 0 Å². The van der Waals surface area contributed by atoms with Crippen LogP contribution in [0.3, 0.4) is 0 Å². The number of hydrogen-bond donors (Lipinski definition) is 0. The van der Waals surface area contributed by atoms with Crippen LogP contribution in [-0.2, 0) is 6.42 Å². The minimum absolute atomic E-state index is 0.165. The zero-order valence-corrected chi connectivity index (χ0v) is 14.6. The van der Waals surface area contributed by atoms with Crippen molar-refractivity contribution in [3.05, 3.63) is 58.1 Å². The van der Waals surface area contributed by atoms with E-state index in [1.54, 1.807) is 14.2 Å². The summed E-state index contributed by atoms with van der Waals surface area (Å²) >= 11 is 6.02. The summed E-state index contributed by atoms with van der Waals surface area (Å²) in [5.41, 5.74) is 4.16. The number of ether oxygens (including phenoxy) is 2. The number of aliphatic imine (C=N–C) groups is 1. The fourth-order valence-corrected chi connectivity index (χ4v) is 3.11. The van der Waals surface area contributed by atoms with Gasteiger partial charge in [0.1, 0.15) is 0 Å². The van der Waals surface area contributed by atoms with Crippen molar-refractivity contribution in [3.8, 4) is 11.5 Å². The van der Waals surface area contributed by atoms with Crippen LogP contribution in [0.5, 0.6) is 11.5 Å². The van der Waals surface area contributed by atoms with Crippen LogP contribution in [0.2, 0.25) is 5.02 Å². The molecule has 0 aliphatic carbocycles. The van der Waals surface area contributed by atoms with Gasteiger partial charge in [-0.2, -0.15) is 0 Å². The van der Waals surface area contributed by atoms with Gasteiger partial charge in [0.2, 0.25) is 0 Å². The molecule has 3 nitrogen and oxygen atoms in total. The molecule has 0 N–H and O–H groups in total. The highest BCUT2D eigenvalue weighted by Gasteiger charge is 2.29. The van der Waals surface area contributed by atoms with Crippen molar-refractivity contribution < 1.29 is 9.47 Å². The van der Waals surface area contributed by atoms with Gasteiger partial charge in [0.05, 0.1) is 25.5 Å². The Morgan fingerprint density at radius 2 is 1.61 bits per heavy atom. The van der Waals surface area contributed by atoms with Gasteiger partial charge in [-0.25, -0.2) is 0 Å². The topological polar surface area (TPSA) is 30.8 Å². The van der Waals surface area contributed by atoms with Crippen molar-refractivity contribution in [2.45, 2.75) is 25.8 Å². The summed E-state index contributed by atoms with van der Waals surface area (Å²) in [7, 11) is 3.31. The molecule has 120 valence electrons. The highest BCUT2D eigenvalue weighted by Crippen LogP contribution is 2.37. The molecule has 0 atom stereocenters. The molecule has 1 aliphatic rings. The first-order chi connectivity index (χ1) is 10.9. The normalized spacial score (nSPS) is 15.6. The summed E-state index contributed by atoms with van der Waals surface area (Å²) < 4.78 is 10.9. The number of hydrogen-bond acceptors (Lipinski definition) is 3. The van der Waals surface area contributed by atoms with E-state index in [1.165, 1.54) is 5.56 Å². The van der Waals surface area contributed by atoms with E-state index in [4.69, 9.17) is 26.1 Å². The number of methoxy groups -OCH3 is 2. The Kier molecular flexibility index (Phi) is 4.07. The molecule has 0 fully saturated rings. The van der Waals surface area contributed by atoms with Gasteiger partial charge in [0, 0.05) is 16.1 Å². The highest BCUT2D eigenvalue weighted by atomic mass is 35.5. The van der Waals surface area contributed by atoms with E-state index in [0.717, 1.165) is 34.0 Å². The standard InChI is InChI=1S/C19H20ClNO2/c1-19(2)11-13-9-16(22-3)17(23-4)10-15(13)18(21-19)12-5-7-14(20)8-6-12/h5-10H,11H2,1-4H3. The quantitative estimate of drug-likeness (QED) is 0.828. The van der Waals surface area contributed by atoms with Crippen LogP contribution < -0.4 is 9.47 Å². The fourth-order valence-electron chi connectivity index (χ4n) is 2.98. The summed E-state index contributed by atoms with van der Waals surface area (Å²) in [4.78, 5) is 4.96. The predicted octanol–water partition coefficient (Wildman–Crippen LogP) is 4.53. The molecule has 0 amide bonds. The molecule has 1 aliphatic heterocycles.